The normalized spacial score (nSPS) is 11.7. The van der Waals surface area contributed by atoms with Crippen molar-refractivity contribution < 1.29 is 13.3 Å². The Kier molecular flexibility index (Phi) is 4.95. The average Bonchev–Trinajstić information content (AvgIpc) is 2.47. The third kappa shape index (κ3) is 4.68. The molecule has 2 aromatic carbocycles. The van der Waals surface area contributed by atoms with E-state index in [4.69, 9.17) is 11.6 Å². The van der Waals surface area contributed by atoms with E-state index in [1.807, 2.05) is 0 Å². The van der Waals surface area contributed by atoms with Crippen molar-refractivity contribution >= 4 is 33.2 Å². The van der Waals surface area contributed by atoms with Gasteiger partial charge in [-0.25, -0.2) is 8.42 Å². The number of hydrogen-bond donors (Lipinski definition) is 0. The highest BCUT2D eigenvalue weighted by Gasteiger charge is 2.10. The summed E-state index contributed by atoms with van der Waals surface area (Å²) < 4.78 is 24.0. The second-order valence-electron chi connectivity index (χ2n) is 4.59. The Labute approximate surface area is 132 Å². The van der Waals surface area contributed by atoms with Crippen molar-refractivity contribution in [1.82, 2.24) is 0 Å². The summed E-state index contributed by atoms with van der Waals surface area (Å²) in [5.74, 6) is -0.213. The van der Waals surface area contributed by atoms with Gasteiger partial charge in [-0.3, -0.25) is 10.1 Å². The second kappa shape index (κ2) is 6.72. The van der Waals surface area contributed by atoms with Gasteiger partial charge in [-0.1, -0.05) is 35.9 Å². The van der Waals surface area contributed by atoms with Crippen molar-refractivity contribution in [3.8, 4) is 0 Å². The summed E-state index contributed by atoms with van der Waals surface area (Å²) in [5.41, 5.74) is 1.14. The van der Waals surface area contributed by atoms with Gasteiger partial charge in [0, 0.05) is 22.6 Å². The fourth-order valence-electron chi connectivity index (χ4n) is 1.75. The minimum Gasteiger partial charge on any atom is -0.258 e. The van der Waals surface area contributed by atoms with Gasteiger partial charge >= 0.3 is 0 Å². The van der Waals surface area contributed by atoms with Gasteiger partial charge in [-0.2, -0.15) is 0 Å². The Bertz CT molecular complexity index is 796. The van der Waals surface area contributed by atoms with Crippen molar-refractivity contribution in [1.29, 1.82) is 0 Å². The second-order valence-corrected chi connectivity index (χ2v) is 6.91. The molecule has 0 atom stereocenters. The van der Waals surface area contributed by atoms with E-state index in [2.05, 4.69) is 0 Å². The van der Waals surface area contributed by atoms with Crippen LogP contribution < -0.4 is 0 Å². The number of sulfone groups is 1. The number of rotatable bonds is 5. The van der Waals surface area contributed by atoms with Crippen LogP contribution in [0, 0.1) is 10.1 Å². The van der Waals surface area contributed by atoms with Crippen LogP contribution in [0.5, 0.6) is 0 Å². The van der Waals surface area contributed by atoms with E-state index in [0.717, 1.165) is 11.0 Å². The summed E-state index contributed by atoms with van der Waals surface area (Å²) >= 11 is 5.75. The molecule has 0 saturated carbocycles. The van der Waals surface area contributed by atoms with Crippen molar-refractivity contribution in [2.24, 2.45) is 0 Å². The van der Waals surface area contributed by atoms with Gasteiger partial charge in [0.25, 0.3) is 5.69 Å². The molecule has 2 aromatic rings. The number of nitrogens with zero attached hydrogens (tertiary/aromatic N) is 1. The van der Waals surface area contributed by atoms with Crippen LogP contribution in [0.4, 0.5) is 5.69 Å². The van der Waals surface area contributed by atoms with Crippen LogP contribution in [0.25, 0.3) is 6.08 Å². The standard InChI is InChI=1S/C15H12ClNO4S/c16-14-5-1-12(2-6-14)9-10-22(20,21)11-13-3-7-15(8-4-13)17(18)19/h1-10H,11H2. The first-order valence-corrected chi connectivity index (χ1v) is 8.35. The molecule has 2 rings (SSSR count). The minimum absolute atomic E-state index is 0.0714. The molecule has 0 N–H and O–H groups in total. The number of benzene rings is 2. The van der Waals surface area contributed by atoms with Crippen LogP contribution in [-0.2, 0) is 15.6 Å². The number of halogens is 1. The lowest BCUT2D eigenvalue weighted by Crippen LogP contribution is -2.00. The number of nitro benzene ring substituents is 1. The van der Waals surface area contributed by atoms with Crippen molar-refractivity contribution in [3.63, 3.8) is 0 Å². The number of non-ortho nitro benzene ring substituents is 1. The maximum Gasteiger partial charge on any atom is 0.269 e. The Morgan fingerprint density at radius 2 is 1.64 bits per heavy atom. The first-order valence-electron chi connectivity index (χ1n) is 6.25. The lowest BCUT2D eigenvalue weighted by atomic mass is 10.2. The first-order chi connectivity index (χ1) is 10.4. The van der Waals surface area contributed by atoms with Crippen LogP contribution in [0.1, 0.15) is 11.1 Å². The van der Waals surface area contributed by atoms with Gasteiger partial charge in [-0.15, -0.1) is 0 Å². The monoisotopic (exact) mass is 337 g/mol. The Hall–Kier alpha value is -2.18. The molecule has 0 radical (unpaired) electrons. The lowest BCUT2D eigenvalue weighted by molar-refractivity contribution is -0.384. The van der Waals surface area contributed by atoms with Gasteiger partial charge in [0.15, 0.2) is 9.84 Å². The van der Waals surface area contributed by atoms with Crippen molar-refractivity contribution in [2.75, 3.05) is 0 Å². The summed E-state index contributed by atoms with van der Waals surface area (Å²) in [7, 11) is -3.46. The molecule has 0 bridgehead atoms. The molecule has 0 fully saturated rings. The Morgan fingerprint density at radius 1 is 1.05 bits per heavy atom. The molecule has 0 aliphatic carbocycles. The fourth-order valence-corrected chi connectivity index (χ4v) is 2.99. The maximum atomic E-state index is 12.0. The molecule has 0 heterocycles. The Morgan fingerprint density at radius 3 is 2.18 bits per heavy atom. The molecule has 7 heteroatoms. The van der Waals surface area contributed by atoms with Gasteiger partial charge in [0.1, 0.15) is 0 Å². The highest BCUT2D eigenvalue weighted by molar-refractivity contribution is 7.93. The molecule has 22 heavy (non-hydrogen) atoms. The first kappa shape index (κ1) is 16.2. The van der Waals surface area contributed by atoms with E-state index >= 15 is 0 Å². The minimum atomic E-state index is -3.46. The van der Waals surface area contributed by atoms with Crippen molar-refractivity contribution in [2.45, 2.75) is 5.75 Å². The molecule has 0 aliphatic rings. The predicted octanol–water partition coefficient (Wildman–Crippen LogP) is 3.83. The number of nitro groups is 1. The van der Waals surface area contributed by atoms with Crippen LogP contribution in [-0.4, -0.2) is 13.3 Å². The third-order valence-electron chi connectivity index (χ3n) is 2.85. The molecule has 5 nitrogen and oxygen atoms in total. The molecule has 0 saturated heterocycles. The molecule has 0 aliphatic heterocycles. The lowest BCUT2D eigenvalue weighted by Gasteiger charge is -2.00. The van der Waals surface area contributed by atoms with Gasteiger partial charge in [0.05, 0.1) is 10.7 Å². The van der Waals surface area contributed by atoms with E-state index in [1.54, 1.807) is 24.3 Å². The maximum absolute atomic E-state index is 12.0. The van der Waals surface area contributed by atoms with E-state index in [9.17, 15) is 18.5 Å². The highest BCUT2D eigenvalue weighted by atomic mass is 35.5. The van der Waals surface area contributed by atoms with Gasteiger partial charge < -0.3 is 0 Å². The molecule has 0 unspecified atom stereocenters. The SMILES string of the molecule is O=[N+]([O-])c1ccc(CS(=O)(=O)C=Cc2ccc(Cl)cc2)cc1. The van der Waals surface area contributed by atoms with Crippen molar-refractivity contribution in [3.05, 3.63) is 80.2 Å². The largest absolute Gasteiger partial charge is 0.269 e. The van der Waals surface area contributed by atoms with Gasteiger partial charge in [-0.05, 0) is 29.3 Å². The molecule has 0 amide bonds. The van der Waals surface area contributed by atoms with E-state index in [-0.39, 0.29) is 11.4 Å². The molecular weight excluding hydrogens is 326 g/mol. The predicted molar refractivity (Wildman–Crippen MR) is 86.2 cm³/mol. The molecule has 0 aromatic heterocycles. The molecule has 114 valence electrons. The zero-order valence-corrected chi connectivity index (χ0v) is 12.9. The third-order valence-corrected chi connectivity index (χ3v) is 4.39. The highest BCUT2D eigenvalue weighted by Crippen LogP contribution is 2.16. The quantitative estimate of drug-likeness (QED) is 0.613. The Balaban J connectivity index is 2.10. The summed E-state index contributed by atoms with van der Waals surface area (Å²) in [6, 6.07) is 12.2. The molecule has 0 spiro atoms. The van der Waals surface area contributed by atoms with Crippen LogP contribution in [0.15, 0.2) is 53.9 Å². The zero-order chi connectivity index (χ0) is 16.2. The molecular formula is C15H12ClNO4S. The summed E-state index contributed by atoms with van der Waals surface area (Å²) in [6.45, 7) is 0. The number of hydrogen-bond acceptors (Lipinski definition) is 4. The van der Waals surface area contributed by atoms with Crippen LogP contribution >= 0.6 is 11.6 Å². The fraction of sp³-hybridized carbons (Fsp3) is 0.0667. The topological polar surface area (TPSA) is 77.3 Å². The summed E-state index contributed by atoms with van der Waals surface area (Å²) in [5, 5.41) is 12.2. The van der Waals surface area contributed by atoms with Crippen LogP contribution in [0.2, 0.25) is 5.02 Å². The summed E-state index contributed by atoms with van der Waals surface area (Å²) in [6.07, 6.45) is 1.48. The average molecular weight is 338 g/mol. The van der Waals surface area contributed by atoms with E-state index in [1.165, 1.54) is 30.3 Å². The summed E-state index contributed by atoms with van der Waals surface area (Å²) in [4.78, 5) is 10.0. The van der Waals surface area contributed by atoms with E-state index in [0.29, 0.717) is 10.6 Å². The zero-order valence-electron chi connectivity index (χ0n) is 11.3. The van der Waals surface area contributed by atoms with E-state index < -0.39 is 14.8 Å². The smallest absolute Gasteiger partial charge is 0.258 e. The van der Waals surface area contributed by atoms with Gasteiger partial charge in [0.2, 0.25) is 0 Å². The van der Waals surface area contributed by atoms with Crippen LogP contribution in [0.3, 0.4) is 0 Å².